The summed E-state index contributed by atoms with van der Waals surface area (Å²) in [5.41, 5.74) is 5.43. The van der Waals surface area contributed by atoms with Gasteiger partial charge in [-0.15, -0.1) is 0 Å². The zero-order valence-corrected chi connectivity index (χ0v) is 15.6. The van der Waals surface area contributed by atoms with Gasteiger partial charge in [0.1, 0.15) is 0 Å². The maximum absolute atomic E-state index is 12.8. The Morgan fingerprint density at radius 3 is 2.88 bits per heavy atom. The van der Waals surface area contributed by atoms with Gasteiger partial charge in [0.15, 0.2) is 0 Å². The molecule has 128 valence electrons. The lowest BCUT2D eigenvalue weighted by Crippen LogP contribution is -2.35. The molecule has 2 atom stereocenters. The largest absolute Gasteiger partial charge is 0.374 e. The number of amides is 1. The number of carbonyl (C=O) groups excluding carboxylic acids is 1. The quantitative estimate of drug-likeness (QED) is 0.638. The molecule has 1 aliphatic heterocycles. The van der Waals surface area contributed by atoms with E-state index in [1.54, 1.807) is 0 Å². The molecule has 25 heavy (non-hydrogen) atoms. The van der Waals surface area contributed by atoms with Crippen LogP contribution < -0.4 is 16.0 Å². The topological polar surface area (TPSA) is 53.2 Å². The smallest absolute Gasteiger partial charge is 0.248 e. The summed E-state index contributed by atoms with van der Waals surface area (Å²) in [5.74, 6) is -0.0180. The number of hydrogen-bond donors (Lipinski definition) is 3. The highest BCUT2D eigenvalue weighted by atomic mass is 79.9. The van der Waals surface area contributed by atoms with Gasteiger partial charge in [0.2, 0.25) is 5.91 Å². The number of rotatable bonds is 4. The van der Waals surface area contributed by atoms with Crippen molar-refractivity contribution in [1.29, 1.82) is 0 Å². The van der Waals surface area contributed by atoms with E-state index in [-0.39, 0.29) is 17.9 Å². The van der Waals surface area contributed by atoms with Crippen molar-refractivity contribution in [1.82, 2.24) is 16.0 Å². The molecule has 4 aliphatic rings. The molecule has 0 aromatic rings. The molecule has 0 bridgehead atoms. The zero-order chi connectivity index (χ0) is 17.4. The summed E-state index contributed by atoms with van der Waals surface area (Å²) in [6.45, 7) is 1.37. The Bertz CT molecular complexity index is 839. The van der Waals surface area contributed by atoms with Crippen molar-refractivity contribution in [2.24, 2.45) is 5.92 Å². The zero-order valence-electron chi connectivity index (χ0n) is 14.0. The van der Waals surface area contributed by atoms with Crippen LogP contribution in [0.1, 0.15) is 0 Å². The van der Waals surface area contributed by atoms with Crippen molar-refractivity contribution in [3.8, 4) is 0 Å². The molecule has 2 unspecified atom stereocenters. The van der Waals surface area contributed by atoms with Crippen molar-refractivity contribution in [2.75, 3.05) is 20.1 Å². The number of carbonyl (C=O) groups is 1. The molecule has 0 spiro atoms. The van der Waals surface area contributed by atoms with Crippen molar-refractivity contribution in [2.45, 2.75) is 6.04 Å². The summed E-state index contributed by atoms with van der Waals surface area (Å²) in [4.78, 5) is 12.8. The van der Waals surface area contributed by atoms with Crippen LogP contribution in [0.25, 0.3) is 0 Å². The molecule has 4 rings (SSSR count). The second-order valence-electron chi connectivity index (χ2n) is 6.39. The minimum atomic E-state index is -0.0177. The van der Waals surface area contributed by atoms with Crippen LogP contribution in [0.15, 0.2) is 81.1 Å². The number of nitrogens with one attached hydrogen (secondary N) is 3. The fourth-order valence-corrected chi connectivity index (χ4v) is 4.03. The van der Waals surface area contributed by atoms with Gasteiger partial charge in [-0.25, -0.2) is 0 Å². The minimum absolute atomic E-state index is 0.000228. The van der Waals surface area contributed by atoms with Gasteiger partial charge in [-0.2, -0.15) is 0 Å². The van der Waals surface area contributed by atoms with Crippen molar-refractivity contribution in [3.63, 3.8) is 0 Å². The van der Waals surface area contributed by atoms with Gasteiger partial charge >= 0.3 is 0 Å². The van der Waals surface area contributed by atoms with Gasteiger partial charge in [0, 0.05) is 40.3 Å². The Balaban J connectivity index is 1.76. The number of likely N-dealkylation sites (N-methyl/N-ethyl adjacent to an activating group) is 1. The summed E-state index contributed by atoms with van der Waals surface area (Å²) < 4.78 is 1.02. The second kappa shape index (κ2) is 6.65. The van der Waals surface area contributed by atoms with Crippen LogP contribution in [0.3, 0.4) is 0 Å². The third-order valence-electron chi connectivity index (χ3n) is 4.83. The molecule has 0 aromatic heterocycles. The molecule has 0 saturated heterocycles. The van der Waals surface area contributed by atoms with Crippen LogP contribution >= 0.6 is 15.9 Å². The Labute approximate surface area is 156 Å². The van der Waals surface area contributed by atoms with Crippen LogP contribution in [0.5, 0.6) is 0 Å². The molecule has 4 nitrogen and oxygen atoms in total. The minimum Gasteiger partial charge on any atom is -0.374 e. The number of fused-ring (bicyclic) bond motifs is 3. The summed E-state index contributed by atoms with van der Waals surface area (Å²) in [5, 5.41) is 9.68. The third kappa shape index (κ3) is 2.87. The predicted molar refractivity (Wildman–Crippen MR) is 104 cm³/mol. The molecular weight excluding hydrogens is 378 g/mol. The number of halogens is 1. The fourth-order valence-electron chi connectivity index (χ4n) is 3.63. The van der Waals surface area contributed by atoms with Crippen molar-refractivity contribution < 1.29 is 4.79 Å². The summed E-state index contributed by atoms with van der Waals surface area (Å²) >= 11 is 3.57. The Morgan fingerprint density at radius 2 is 2.04 bits per heavy atom. The number of allylic oxidation sites excluding steroid dienone is 8. The first kappa shape index (κ1) is 16.4. The lowest BCUT2D eigenvalue weighted by molar-refractivity contribution is -0.117. The summed E-state index contributed by atoms with van der Waals surface area (Å²) in [7, 11) is 1.88. The van der Waals surface area contributed by atoms with E-state index in [4.69, 9.17) is 0 Å². The summed E-state index contributed by atoms with van der Waals surface area (Å²) in [6, 6.07) is 0.184. The van der Waals surface area contributed by atoms with Crippen LogP contribution in [0, 0.1) is 5.92 Å². The molecule has 1 heterocycles. The molecule has 3 N–H and O–H groups in total. The molecule has 0 radical (unpaired) electrons. The first-order valence-corrected chi connectivity index (χ1v) is 9.28. The fraction of sp³-hybridized carbons (Fsp3) is 0.250. The highest BCUT2D eigenvalue weighted by Gasteiger charge is 2.36. The maximum atomic E-state index is 12.8. The first-order chi connectivity index (χ1) is 12.2. The van der Waals surface area contributed by atoms with Crippen LogP contribution in [-0.2, 0) is 4.79 Å². The van der Waals surface area contributed by atoms with Gasteiger partial charge in [-0.1, -0.05) is 52.4 Å². The molecule has 1 amide bonds. The van der Waals surface area contributed by atoms with E-state index in [1.165, 1.54) is 5.57 Å². The standard InChI is InChI=1S/C20H20BrN3O/c1-22-8-9-23-20(25)17-11-16-14-4-2-3-5-18(14)24-19(16)15-10-12(21)6-7-13(15)17/h2-7,10-11,13,18,22,24H,8-9H2,1H3,(H,23,25). The van der Waals surface area contributed by atoms with Crippen LogP contribution in [0.4, 0.5) is 0 Å². The highest BCUT2D eigenvalue weighted by molar-refractivity contribution is 9.11. The van der Waals surface area contributed by atoms with Crippen LogP contribution in [0.2, 0.25) is 0 Å². The summed E-state index contributed by atoms with van der Waals surface area (Å²) in [6.07, 6.45) is 16.7. The van der Waals surface area contributed by atoms with Gasteiger partial charge < -0.3 is 16.0 Å². The lowest BCUT2D eigenvalue weighted by Gasteiger charge is -2.28. The SMILES string of the molecule is CNCCNC(=O)C1=CC2=C3C=CC=CC3NC2=C2C=C(Br)C=CC12. The van der Waals surface area contributed by atoms with E-state index in [0.717, 1.165) is 33.4 Å². The maximum Gasteiger partial charge on any atom is 0.248 e. The molecule has 0 saturated carbocycles. The molecule has 3 aliphatic carbocycles. The van der Waals surface area contributed by atoms with E-state index in [1.807, 2.05) is 19.2 Å². The Kier molecular flexibility index (Phi) is 4.36. The van der Waals surface area contributed by atoms with Gasteiger partial charge in [-0.3, -0.25) is 4.79 Å². The normalized spacial score (nSPS) is 25.8. The van der Waals surface area contributed by atoms with E-state index in [0.29, 0.717) is 6.54 Å². The van der Waals surface area contributed by atoms with E-state index >= 15 is 0 Å². The van der Waals surface area contributed by atoms with Crippen LogP contribution in [-0.4, -0.2) is 32.1 Å². The van der Waals surface area contributed by atoms with Gasteiger partial charge in [-0.05, 0) is 30.3 Å². The molecule has 0 aromatic carbocycles. The van der Waals surface area contributed by atoms with Gasteiger partial charge in [0.25, 0.3) is 0 Å². The lowest BCUT2D eigenvalue weighted by atomic mass is 9.79. The van der Waals surface area contributed by atoms with Crippen molar-refractivity contribution in [3.05, 3.63) is 81.1 Å². The second-order valence-corrected chi connectivity index (χ2v) is 7.31. The average Bonchev–Trinajstić information content (AvgIpc) is 3.00. The van der Waals surface area contributed by atoms with E-state index < -0.39 is 0 Å². The highest BCUT2D eigenvalue weighted by Crippen LogP contribution is 2.43. The monoisotopic (exact) mass is 397 g/mol. The molecular formula is C20H20BrN3O. The average molecular weight is 398 g/mol. The first-order valence-electron chi connectivity index (χ1n) is 8.49. The molecule has 5 heteroatoms. The van der Waals surface area contributed by atoms with E-state index in [9.17, 15) is 4.79 Å². The molecule has 0 fully saturated rings. The predicted octanol–water partition coefficient (Wildman–Crippen LogP) is 2.38. The Hall–Kier alpha value is -2.11. The van der Waals surface area contributed by atoms with E-state index in [2.05, 4.69) is 68.3 Å². The Morgan fingerprint density at radius 1 is 1.16 bits per heavy atom. The van der Waals surface area contributed by atoms with Crippen molar-refractivity contribution >= 4 is 21.8 Å². The number of hydrogen-bond acceptors (Lipinski definition) is 3. The van der Waals surface area contributed by atoms with Gasteiger partial charge in [0.05, 0.1) is 6.04 Å². The third-order valence-corrected chi connectivity index (χ3v) is 5.32.